The van der Waals surface area contributed by atoms with Crippen molar-refractivity contribution >= 4 is 11.8 Å². The topological polar surface area (TPSA) is 80.1 Å². The maximum atomic E-state index is 12.5. The van der Waals surface area contributed by atoms with Crippen molar-refractivity contribution in [1.29, 1.82) is 0 Å². The number of nitrogens with one attached hydrogen (secondary N) is 1. The highest BCUT2D eigenvalue weighted by Gasteiger charge is 2.27. The lowest BCUT2D eigenvalue weighted by Gasteiger charge is -2.26. The molecule has 1 aromatic rings. The second-order valence-electron chi connectivity index (χ2n) is 5.90. The predicted molar refractivity (Wildman–Crippen MR) is 77.3 cm³/mol. The molecule has 21 heavy (non-hydrogen) atoms. The first-order valence-corrected chi connectivity index (χ1v) is 7.33. The first kappa shape index (κ1) is 15.5. The number of hydrogen-bond donors (Lipinski definition) is 1. The van der Waals surface area contributed by atoms with E-state index in [2.05, 4.69) is 20.1 Å². The molecule has 2 rings (SSSR count). The lowest BCUT2D eigenvalue weighted by atomic mass is 10.0. The van der Waals surface area contributed by atoms with Crippen molar-refractivity contribution in [1.82, 2.24) is 25.0 Å². The molecule has 0 aromatic carbocycles. The Morgan fingerprint density at radius 3 is 2.71 bits per heavy atom. The molecule has 0 unspecified atom stereocenters. The molecule has 1 atom stereocenters. The molecule has 0 radical (unpaired) electrons. The average Bonchev–Trinajstić information content (AvgIpc) is 2.99. The zero-order valence-electron chi connectivity index (χ0n) is 13.1. The third kappa shape index (κ3) is 3.40. The number of carbonyl (C=O) groups excluding carboxylic acids is 2. The van der Waals surface area contributed by atoms with Crippen LogP contribution in [-0.2, 0) is 29.1 Å². The van der Waals surface area contributed by atoms with Gasteiger partial charge in [0.05, 0.1) is 6.54 Å². The van der Waals surface area contributed by atoms with Gasteiger partial charge in [-0.15, -0.1) is 10.2 Å². The van der Waals surface area contributed by atoms with Crippen LogP contribution in [0.2, 0.25) is 0 Å². The summed E-state index contributed by atoms with van der Waals surface area (Å²) in [5.41, 5.74) is 0. The van der Waals surface area contributed by atoms with Crippen LogP contribution >= 0.6 is 0 Å². The Kier molecular flexibility index (Phi) is 4.59. The summed E-state index contributed by atoms with van der Waals surface area (Å²) in [5.74, 6) is 1.54. The summed E-state index contributed by atoms with van der Waals surface area (Å²) in [6, 6.07) is -0.506. The molecular weight excluding hydrogens is 270 g/mol. The fraction of sp³-hybridized carbons (Fsp3) is 0.714. The van der Waals surface area contributed by atoms with Gasteiger partial charge in [-0.25, -0.2) is 0 Å². The molecule has 0 spiro atoms. The molecule has 0 fully saturated rings. The molecule has 116 valence electrons. The van der Waals surface area contributed by atoms with Crippen molar-refractivity contribution in [3.05, 3.63) is 11.6 Å². The van der Waals surface area contributed by atoms with Gasteiger partial charge in [-0.1, -0.05) is 13.8 Å². The third-order valence-corrected chi connectivity index (χ3v) is 3.73. The second-order valence-corrected chi connectivity index (χ2v) is 5.90. The van der Waals surface area contributed by atoms with Gasteiger partial charge in [-0.05, 0) is 12.3 Å². The summed E-state index contributed by atoms with van der Waals surface area (Å²) in [4.78, 5) is 25.4. The van der Waals surface area contributed by atoms with Crippen molar-refractivity contribution in [3.63, 3.8) is 0 Å². The molecule has 7 heteroatoms. The van der Waals surface area contributed by atoms with Crippen LogP contribution in [0.25, 0.3) is 0 Å². The minimum absolute atomic E-state index is 0.0352. The van der Waals surface area contributed by atoms with Crippen LogP contribution < -0.4 is 5.32 Å². The fourth-order valence-electron chi connectivity index (χ4n) is 2.59. The van der Waals surface area contributed by atoms with E-state index >= 15 is 0 Å². The molecule has 1 aromatic heterocycles. The molecule has 1 N–H and O–H groups in total. The first-order chi connectivity index (χ1) is 9.90. The van der Waals surface area contributed by atoms with Gasteiger partial charge in [0.2, 0.25) is 11.8 Å². The van der Waals surface area contributed by atoms with E-state index in [1.54, 1.807) is 11.9 Å². The first-order valence-electron chi connectivity index (χ1n) is 7.33. The highest BCUT2D eigenvalue weighted by Crippen LogP contribution is 2.15. The number of nitrogens with zero attached hydrogens (tertiary/aromatic N) is 4. The Hall–Kier alpha value is -1.92. The summed E-state index contributed by atoms with van der Waals surface area (Å²) < 4.78 is 2.08. The minimum Gasteiger partial charge on any atom is -0.344 e. The molecule has 0 saturated carbocycles. The number of amides is 2. The standard InChI is InChI=1S/C14H23N5O2/c1-9(2)13(15-10(3)20)14(21)18(4)8-12-17-16-11-6-5-7-19(11)12/h9,13H,5-8H2,1-4H3,(H,15,20)/t13-/m0/s1. The third-order valence-electron chi connectivity index (χ3n) is 3.73. The molecule has 0 bridgehead atoms. The van der Waals surface area contributed by atoms with E-state index in [1.165, 1.54) is 6.92 Å². The van der Waals surface area contributed by atoms with Crippen molar-refractivity contribution in [2.45, 2.75) is 52.7 Å². The molecule has 7 nitrogen and oxygen atoms in total. The summed E-state index contributed by atoms with van der Waals surface area (Å²) in [7, 11) is 1.73. The summed E-state index contributed by atoms with van der Waals surface area (Å²) in [5, 5.41) is 11.0. The van der Waals surface area contributed by atoms with Gasteiger partial charge >= 0.3 is 0 Å². The van der Waals surface area contributed by atoms with E-state index in [4.69, 9.17) is 0 Å². The predicted octanol–water partition coefficient (Wildman–Crippen LogP) is 0.343. The largest absolute Gasteiger partial charge is 0.344 e. The van der Waals surface area contributed by atoms with Gasteiger partial charge in [0.15, 0.2) is 5.82 Å². The molecule has 2 amide bonds. The van der Waals surface area contributed by atoms with Crippen LogP contribution in [0.4, 0.5) is 0 Å². The SMILES string of the molecule is CC(=O)N[C@H](C(=O)N(C)Cc1nnc2n1CCC2)C(C)C. The Morgan fingerprint density at radius 1 is 1.38 bits per heavy atom. The summed E-state index contributed by atoms with van der Waals surface area (Å²) in [6.45, 7) is 6.59. The zero-order chi connectivity index (χ0) is 15.6. The molecule has 2 heterocycles. The van der Waals surface area contributed by atoms with Crippen LogP contribution in [-0.4, -0.2) is 44.6 Å². The normalized spacial score (nSPS) is 14.9. The lowest BCUT2D eigenvalue weighted by Crippen LogP contribution is -2.49. The fourth-order valence-corrected chi connectivity index (χ4v) is 2.59. The molecule has 0 saturated heterocycles. The maximum absolute atomic E-state index is 12.5. The summed E-state index contributed by atoms with van der Waals surface area (Å²) in [6.07, 6.45) is 2.03. The van der Waals surface area contributed by atoms with Crippen molar-refractivity contribution < 1.29 is 9.59 Å². The Labute approximate surface area is 124 Å². The highest BCUT2D eigenvalue weighted by molar-refractivity contribution is 5.86. The molecular formula is C14H23N5O2. The smallest absolute Gasteiger partial charge is 0.245 e. The van der Waals surface area contributed by atoms with Crippen molar-refractivity contribution in [3.8, 4) is 0 Å². The van der Waals surface area contributed by atoms with Crippen LogP contribution in [0.1, 0.15) is 38.8 Å². The van der Waals surface area contributed by atoms with Gasteiger partial charge in [0.25, 0.3) is 0 Å². The number of fused-ring (bicyclic) bond motifs is 1. The van der Waals surface area contributed by atoms with Crippen LogP contribution in [0, 0.1) is 5.92 Å². The van der Waals surface area contributed by atoms with E-state index in [9.17, 15) is 9.59 Å². The second kappa shape index (κ2) is 6.24. The van der Waals surface area contributed by atoms with Crippen molar-refractivity contribution in [2.24, 2.45) is 5.92 Å². The van der Waals surface area contributed by atoms with E-state index in [-0.39, 0.29) is 17.7 Å². The number of likely N-dealkylation sites (N-methyl/N-ethyl adjacent to an activating group) is 1. The Morgan fingerprint density at radius 2 is 2.10 bits per heavy atom. The number of aromatic nitrogens is 3. The highest BCUT2D eigenvalue weighted by atomic mass is 16.2. The van der Waals surface area contributed by atoms with Gasteiger partial charge in [-0.2, -0.15) is 0 Å². The molecule has 1 aliphatic rings. The number of aryl methyl sites for hydroxylation is 1. The number of carbonyl (C=O) groups is 2. The van der Waals surface area contributed by atoms with Gasteiger partial charge in [0.1, 0.15) is 11.9 Å². The van der Waals surface area contributed by atoms with Gasteiger partial charge in [0, 0.05) is 26.9 Å². The number of hydrogen-bond acceptors (Lipinski definition) is 4. The molecule has 0 aliphatic carbocycles. The van der Waals surface area contributed by atoms with Gasteiger partial charge in [-0.3, -0.25) is 9.59 Å². The molecule has 1 aliphatic heterocycles. The summed E-state index contributed by atoms with van der Waals surface area (Å²) >= 11 is 0. The maximum Gasteiger partial charge on any atom is 0.245 e. The monoisotopic (exact) mass is 293 g/mol. The quantitative estimate of drug-likeness (QED) is 0.849. The van der Waals surface area contributed by atoms with E-state index in [0.717, 1.165) is 31.0 Å². The van der Waals surface area contributed by atoms with Gasteiger partial charge < -0.3 is 14.8 Å². The Balaban J connectivity index is 2.05. The zero-order valence-corrected chi connectivity index (χ0v) is 13.1. The van der Waals surface area contributed by atoms with Crippen LogP contribution in [0.5, 0.6) is 0 Å². The van der Waals surface area contributed by atoms with Crippen LogP contribution in [0.3, 0.4) is 0 Å². The van der Waals surface area contributed by atoms with E-state index in [0.29, 0.717) is 6.54 Å². The van der Waals surface area contributed by atoms with E-state index < -0.39 is 6.04 Å². The van der Waals surface area contributed by atoms with Crippen molar-refractivity contribution in [2.75, 3.05) is 7.05 Å². The number of rotatable bonds is 5. The average molecular weight is 293 g/mol. The minimum atomic E-state index is -0.506. The Bertz CT molecular complexity index is 537. The van der Waals surface area contributed by atoms with Crippen LogP contribution in [0.15, 0.2) is 0 Å². The van der Waals surface area contributed by atoms with E-state index in [1.807, 2.05) is 13.8 Å². The lowest BCUT2D eigenvalue weighted by molar-refractivity contribution is -0.136.